The molecule has 0 radical (unpaired) electrons. The predicted octanol–water partition coefficient (Wildman–Crippen LogP) is 1.90. The van der Waals surface area contributed by atoms with Crippen LogP contribution in [0.1, 0.15) is 36.7 Å². The lowest BCUT2D eigenvalue weighted by Crippen LogP contribution is -2.25. The summed E-state index contributed by atoms with van der Waals surface area (Å²) in [5.74, 6) is -0.174. The van der Waals surface area contributed by atoms with Crippen LogP contribution in [0.2, 0.25) is 5.02 Å². The van der Waals surface area contributed by atoms with E-state index in [9.17, 15) is 9.90 Å². The van der Waals surface area contributed by atoms with Gasteiger partial charge in [-0.15, -0.1) is 0 Å². The Balaban J connectivity index is 2.23. The summed E-state index contributed by atoms with van der Waals surface area (Å²) in [4.78, 5) is 12.0. The van der Waals surface area contributed by atoms with Gasteiger partial charge in [-0.25, -0.2) is 0 Å². The highest BCUT2D eigenvalue weighted by Gasteiger charge is 2.37. The summed E-state index contributed by atoms with van der Waals surface area (Å²) < 4.78 is 1.58. The first-order valence-electron chi connectivity index (χ1n) is 5.58. The molecule has 1 fully saturated rings. The molecule has 0 bridgehead atoms. The standard InChI is InChI=1S/C11H15ClN2O2/c1-2-5-14-9(8(12)6-13-14)11(16)10(15)7-3-4-7/h6-7,10,15H,2-5H2,1H3. The zero-order chi connectivity index (χ0) is 11.7. The summed E-state index contributed by atoms with van der Waals surface area (Å²) in [6.45, 7) is 2.65. The van der Waals surface area contributed by atoms with Crippen molar-refractivity contribution in [3.8, 4) is 0 Å². The molecule has 0 aromatic carbocycles. The van der Waals surface area contributed by atoms with Crippen LogP contribution >= 0.6 is 11.6 Å². The third kappa shape index (κ3) is 2.13. The van der Waals surface area contributed by atoms with Crippen molar-refractivity contribution in [2.45, 2.75) is 38.8 Å². The molecule has 2 rings (SSSR count). The number of ketones is 1. The highest BCUT2D eigenvalue weighted by Crippen LogP contribution is 2.34. The smallest absolute Gasteiger partial charge is 0.211 e. The first kappa shape index (κ1) is 11.6. The normalized spacial score (nSPS) is 17.4. The van der Waals surface area contributed by atoms with Crippen LogP contribution in [0.5, 0.6) is 0 Å². The largest absolute Gasteiger partial charge is 0.385 e. The third-order valence-electron chi connectivity index (χ3n) is 2.80. The Bertz CT molecular complexity index is 399. The van der Waals surface area contributed by atoms with Crippen molar-refractivity contribution in [1.29, 1.82) is 0 Å². The highest BCUT2D eigenvalue weighted by molar-refractivity contribution is 6.33. The monoisotopic (exact) mass is 242 g/mol. The summed E-state index contributed by atoms with van der Waals surface area (Å²) in [6.07, 6.45) is 3.27. The number of Topliss-reactive ketones (excluding diaryl/α,β-unsaturated/α-hetero) is 1. The molecule has 0 amide bonds. The van der Waals surface area contributed by atoms with E-state index in [1.54, 1.807) is 4.68 Å². The molecule has 1 aromatic heterocycles. The van der Waals surface area contributed by atoms with Gasteiger partial charge in [0.1, 0.15) is 11.8 Å². The number of nitrogens with zero attached hydrogens (tertiary/aromatic N) is 2. The second-order valence-corrected chi connectivity index (χ2v) is 4.62. The Morgan fingerprint density at radius 1 is 1.75 bits per heavy atom. The van der Waals surface area contributed by atoms with E-state index in [1.807, 2.05) is 6.92 Å². The Kier molecular flexibility index (Phi) is 3.30. The zero-order valence-electron chi connectivity index (χ0n) is 9.19. The lowest BCUT2D eigenvalue weighted by Gasteiger charge is -2.10. The minimum absolute atomic E-state index is 0.119. The van der Waals surface area contributed by atoms with Crippen LogP contribution in [0.25, 0.3) is 0 Å². The SMILES string of the molecule is CCCn1ncc(Cl)c1C(=O)C(O)C1CC1. The van der Waals surface area contributed by atoms with Crippen LogP contribution < -0.4 is 0 Å². The number of aryl methyl sites for hydroxylation is 1. The van der Waals surface area contributed by atoms with Gasteiger partial charge in [0.2, 0.25) is 5.78 Å². The molecule has 1 aromatic rings. The van der Waals surface area contributed by atoms with Crippen molar-refractivity contribution in [3.05, 3.63) is 16.9 Å². The number of halogens is 1. The molecule has 1 N–H and O–H groups in total. The van der Waals surface area contributed by atoms with Crippen molar-refractivity contribution in [2.75, 3.05) is 0 Å². The minimum Gasteiger partial charge on any atom is -0.385 e. The first-order valence-corrected chi connectivity index (χ1v) is 5.96. The van der Waals surface area contributed by atoms with Crippen LogP contribution in [-0.4, -0.2) is 26.8 Å². The Hall–Kier alpha value is -0.870. The lowest BCUT2D eigenvalue weighted by molar-refractivity contribution is 0.0692. The summed E-state index contributed by atoms with van der Waals surface area (Å²) in [6, 6.07) is 0. The van der Waals surface area contributed by atoms with Gasteiger partial charge >= 0.3 is 0 Å². The van der Waals surface area contributed by atoms with Gasteiger partial charge in [-0.05, 0) is 25.2 Å². The average molecular weight is 243 g/mol. The number of hydrogen-bond acceptors (Lipinski definition) is 3. The van der Waals surface area contributed by atoms with E-state index < -0.39 is 6.10 Å². The molecular formula is C11H15ClN2O2. The van der Waals surface area contributed by atoms with Crippen molar-refractivity contribution >= 4 is 17.4 Å². The molecule has 1 aliphatic carbocycles. The maximum Gasteiger partial charge on any atom is 0.211 e. The van der Waals surface area contributed by atoms with E-state index in [0.717, 1.165) is 19.3 Å². The van der Waals surface area contributed by atoms with Crippen molar-refractivity contribution < 1.29 is 9.90 Å². The van der Waals surface area contributed by atoms with Crippen molar-refractivity contribution in [3.63, 3.8) is 0 Å². The Morgan fingerprint density at radius 2 is 2.44 bits per heavy atom. The minimum atomic E-state index is -0.912. The molecule has 0 aliphatic heterocycles. The van der Waals surface area contributed by atoms with Crippen LogP contribution in [0.3, 0.4) is 0 Å². The number of carbonyl (C=O) groups excluding carboxylic acids is 1. The molecule has 1 atom stereocenters. The van der Waals surface area contributed by atoms with Gasteiger partial charge in [-0.1, -0.05) is 18.5 Å². The average Bonchev–Trinajstić information content (AvgIpc) is 3.04. The number of hydrogen-bond donors (Lipinski definition) is 1. The number of rotatable bonds is 5. The molecule has 0 spiro atoms. The summed E-state index contributed by atoms with van der Waals surface area (Å²) in [7, 11) is 0. The Labute approximate surface area is 99.2 Å². The maximum absolute atomic E-state index is 12.0. The van der Waals surface area contributed by atoms with Crippen molar-refractivity contribution in [2.24, 2.45) is 5.92 Å². The van der Waals surface area contributed by atoms with Crippen LogP contribution in [0.4, 0.5) is 0 Å². The topological polar surface area (TPSA) is 55.1 Å². The molecule has 1 aliphatic rings. The molecule has 16 heavy (non-hydrogen) atoms. The Morgan fingerprint density at radius 3 is 3.00 bits per heavy atom. The third-order valence-corrected chi connectivity index (χ3v) is 3.08. The number of aliphatic hydroxyl groups is 1. The van der Waals surface area contributed by atoms with Gasteiger partial charge in [0.15, 0.2) is 0 Å². The van der Waals surface area contributed by atoms with E-state index >= 15 is 0 Å². The molecule has 5 heteroatoms. The van der Waals surface area contributed by atoms with E-state index in [2.05, 4.69) is 5.10 Å². The summed E-state index contributed by atoms with van der Waals surface area (Å²) >= 11 is 5.93. The quantitative estimate of drug-likeness (QED) is 0.803. The zero-order valence-corrected chi connectivity index (χ0v) is 9.94. The number of carbonyl (C=O) groups is 1. The van der Waals surface area contributed by atoms with Gasteiger partial charge < -0.3 is 5.11 Å². The van der Waals surface area contributed by atoms with Crippen LogP contribution in [0.15, 0.2) is 6.20 Å². The van der Waals surface area contributed by atoms with Crippen LogP contribution in [-0.2, 0) is 6.54 Å². The second-order valence-electron chi connectivity index (χ2n) is 4.21. The van der Waals surface area contributed by atoms with Gasteiger partial charge in [0.05, 0.1) is 11.2 Å². The van der Waals surface area contributed by atoms with E-state index in [4.69, 9.17) is 11.6 Å². The highest BCUT2D eigenvalue weighted by atomic mass is 35.5. The number of aromatic nitrogens is 2. The molecule has 4 nitrogen and oxygen atoms in total. The molecular weight excluding hydrogens is 228 g/mol. The summed E-state index contributed by atoms with van der Waals surface area (Å²) in [5, 5.41) is 14.2. The molecule has 1 saturated carbocycles. The van der Waals surface area contributed by atoms with E-state index in [-0.39, 0.29) is 11.7 Å². The summed E-state index contributed by atoms with van der Waals surface area (Å²) in [5.41, 5.74) is 0.350. The van der Waals surface area contributed by atoms with Gasteiger partial charge in [0.25, 0.3) is 0 Å². The van der Waals surface area contributed by atoms with Crippen LogP contribution in [0, 0.1) is 5.92 Å². The lowest BCUT2D eigenvalue weighted by atomic mass is 10.1. The fraction of sp³-hybridized carbons (Fsp3) is 0.636. The van der Waals surface area contributed by atoms with E-state index in [1.165, 1.54) is 6.20 Å². The molecule has 1 unspecified atom stereocenters. The number of aliphatic hydroxyl groups excluding tert-OH is 1. The fourth-order valence-electron chi connectivity index (χ4n) is 1.75. The van der Waals surface area contributed by atoms with E-state index in [0.29, 0.717) is 17.3 Å². The molecule has 1 heterocycles. The van der Waals surface area contributed by atoms with Gasteiger partial charge in [-0.3, -0.25) is 9.48 Å². The molecule has 88 valence electrons. The maximum atomic E-state index is 12.0. The second kappa shape index (κ2) is 4.55. The molecule has 0 saturated heterocycles. The van der Waals surface area contributed by atoms with Gasteiger partial charge in [0, 0.05) is 6.54 Å². The van der Waals surface area contributed by atoms with Crippen molar-refractivity contribution in [1.82, 2.24) is 9.78 Å². The predicted molar refractivity (Wildman–Crippen MR) is 60.6 cm³/mol. The fourth-order valence-corrected chi connectivity index (χ4v) is 1.99. The van der Waals surface area contributed by atoms with Gasteiger partial charge in [-0.2, -0.15) is 5.10 Å². The first-order chi connectivity index (χ1) is 7.65.